The number of esters is 1. The van der Waals surface area contributed by atoms with Gasteiger partial charge in [0.25, 0.3) is 0 Å². The van der Waals surface area contributed by atoms with Crippen LogP contribution in [0.2, 0.25) is 0 Å². The summed E-state index contributed by atoms with van der Waals surface area (Å²) < 4.78 is 25.2. The lowest BCUT2D eigenvalue weighted by Gasteiger charge is -2.46. The van der Waals surface area contributed by atoms with Crippen molar-refractivity contribution in [2.24, 2.45) is 0 Å². The quantitative estimate of drug-likeness (QED) is 0.551. The molecular weight excluding hydrogens is 437 g/mol. The lowest BCUT2D eigenvalue weighted by molar-refractivity contribution is -0.0939. The molecule has 8 heteroatoms. The van der Waals surface area contributed by atoms with E-state index in [1.165, 1.54) is 6.07 Å². The number of fused-ring (bicyclic) bond motifs is 2. The van der Waals surface area contributed by atoms with E-state index in [1.807, 2.05) is 13.0 Å². The van der Waals surface area contributed by atoms with Gasteiger partial charge in [-0.05, 0) is 48.2 Å². The standard InChI is InChI=1S/C26H28FN3O4/c1-15-18(4-5-20-21(15)14-34-26(20)32)23(31)11-29-8-9-30-12-24(33-13-17(30)10-29)19-6-7-22(27)25(28-3)16(19)2/h4-7,17,23-24,31H,8-14H2,1-2H3/t17-,23-,24-/m0/s1. The fourth-order valence-corrected chi connectivity index (χ4v) is 5.44. The Morgan fingerprint density at radius 2 is 2.03 bits per heavy atom. The van der Waals surface area contributed by atoms with Crippen LogP contribution in [-0.4, -0.2) is 66.2 Å². The minimum Gasteiger partial charge on any atom is -0.457 e. The molecule has 2 aromatic carbocycles. The third-order valence-corrected chi connectivity index (χ3v) is 7.46. The molecule has 0 saturated carbocycles. The number of carbonyl (C=O) groups is 1. The molecule has 2 aromatic rings. The Labute approximate surface area is 198 Å². The molecule has 0 spiro atoms. The van der Waals surface area contributed by atoms with Gasteiger partial charge < -0.3 is 14.6 Å². The van der Waals surface area contributed by atoms with Crippen LogP contribution in [0.25, 0.3) is 4.85 Å². The molecule has 7 nitrogen and oxygen atoms in total. The molecule has 0 radical (unpaired) electrons. The van der Waals surface area contributed by atoms with Crippen molar-refractivity contribution in [1.29, 1.82) is 0 Å². The number of morpholine rings is 1. The van der Waals surface area contributed by atoms with Gasteiger partial charge in [-0.2, -0.15) is 0 Å². The fraction of sp³-hybridized carbons (Fsp3) is 0.462. The van der Waals surface area contributed by atoms with Crippen LogP contribution in [0.1, 0.15) is 50.4 Å². The van der Waals surface area contributed by atoms with Crippen LogP contribution in [0.15, 0.2) is 24.3 Å². The molecule has 0 unspecified atom stereocenters. The van der Waals surface area contributed by atoms with Crippen LogP contribution in [-0.2, 0) is 16.1 Å². The van der Waals surface area contributed by atoms with E-state index >= 15 is 0 Å². The molecule has 3 aliphatic heterocycles. The highest BCUT2D eigenvalue weighted by atomic mass is 19.1. The number of nitrogens with zero attached hydrogens (tertiary/aromatic N) is 3. The van der Waals surface area contributed by atoms with Gasteiger partial charge in [-0.25, -0.2) is 14.0 Å². The first-order valence-electron chi connectivity index (χ1n) is 11.6. The summed E-state index contributed by atoms with van der Waals surface area (Å²) in [5, 5.41) is 11.0. The number of hydrogen-bond acceptors (Lipinski definition) is 6. The zero-order valence-electron chi connectivity index (χ0n) is 19.4. The number of ether oxygens (including phenoxy) is 2. The predicted molar refractivity (Wildman–Crippen MR) is 123 cm³/mol. The maximum absolute atomic E-state index is 13.9. The minimum atomic E-state index is -0.654. The van der Waals surface area contributed by atoms with Crippen molar-refractivity contribution in [1.82, 2.24) is 9.80 Å². The summed E-state index contributed by atoms with van der Waals surface area (Å²) in [4.78, 5) is 19.8. The number of halogens is 1. The molecule has 1 N–H and O–H groups in total. The molecular formula is C26H28FN3O4. The SMILES string of the molecule is [C-]#[N+]c1c(F)ccc([C@@H]2CN3CCN(C[C@H](O)c4ccc5c(c4C)COC5=O)C[C@H]3CO2)c1C. The molecule has 0 bridgehead atoms. The Hall–Kier alpha value is -2.83. The largest absolute Gasteiger partial charge is 0.457 e. The number of benzene rings is 2. The van der Waals surface area contributed by atoms with Crippen molar-refractivity contribution in [2.75, 3.05) is 39.3 Å². The molecule has 2 fully saturated rings. The highest BCUT2D eigenvalue weighted by molar-refractivity contribution is 5.93. The Kier molecular flexibility index (Phi) is 6.13. The van der Waals surface area contributed by atoms with E-state index < -0.39 is 11.9 Å². The third-order valence-electron chi connectivity index (χ3n) is 7.46. The first kappa shape index (κ1) is 22.9. The summed E-state index contributed by atoms with van der Waals surface area (Å²) in [6.45, 7) is 15.4. The molecule has 34 heavy (non-hydrogen) atoms. The van der Waals surface area contributed by atoms with Crippen LogP contribution < -0.4 is 0 Å². The van der Waals surface area contributed by atoms with E-state index in [9.17, 15) is 14.3 Å². The van der Waals surface area contributed by atoms with Crippen LogP contribution in [0.3, 0.4) is 0 Å². The number of rotatable bonds is 4. The molecule has 5 rings (SSSR count). The van der Waals surface area contributed by atoms with Gasteiger partial charge in [0, 0.05) is 44.3 Å². The van der Waals surface area contributed by atoms with E-state index in [1.54, 1.807) is 19.1 Å². The number of β-amino-alcohol motifs (C(OH)–C–C–N with tert-alkyl or cyclic N) is 1. The summed E-state index contributed by atoms with van der Waals surface area (Å²) in [5.74, 6) is -0.790. The summed E-state index contributed by atoms with van der Waals surface area (Å²) in [5.41, 5.74) is 4.81. The maximum atomic E-state index is 13.9. The van der Waals surface area contributed by atoms with Crippen LogP contribution >= 0.6 is 0 Å². The molecule has 3 atom stereocenters. The van der Waals surface area contributed by atoms with Crippen molar-refractivity contribution in [3.63, 3.8) is 0 Å². The first-order chi connectivity index (χ1) is 16.4. The summed E-state index contributed by atoms with van der Waals surface area (Å²) in [6, 6.07) is 6.88. The topological polar surface area (TPSA) is 66.6 Å². The normalized spacial score (nSPS) is 23.7. The molecule has 3 heterocycles. The smallest absolute Gasteiger partial charge is 0.338 e. The molecule has 0 aromatic heterocycles. The second kappa shape index (κ2) is 9.08. The lowest BCUT2D eigenvalue weighted by atomic mass is 9.95. The Bertz CT molecular complexity index is 1180. The van der Waals surface area contributed by atoms with Crippen LogP contribution in [0.5, 0.6) is 0 Å². The average Bonchev–Trinajstić information content (AvgIpc) is 3.21. The first-order valence-corrected chi connectivity index (χ1v) is 11.6. The second-order valence-electron chi connectivity index (χ2n) is 9.35. The monoisotopic (exact) mass is 465 g/mol. The predicted octanol–water partition coefficient (Wildman–Crippen LogP) is 3.45. The van der Waals surface area contributed by atoms with Crippen LogP contribution in [0, 0.1) is 26.2 Å². The van der Waals surface area contributed by atoms with E-state index in [0.29, 0.717) is 30.8 Å². The molecule has 2 saturated heterocycles. The van der Waals surface area contributed by atoms with E-state index in [0.717, 1.165) is 41.9 Å². The van der Waals surface area contributed by atoms with E-state index in [4.69, 9.17) is 16.0 Å². The van der Waals surface area contributed by atoms with Gasteiger partial charge in [0.2, 0.25) is 5.69 Å². The minimum absolute atomic E-state index is 0.0693. The van der Waals surface area contributed by atoms with Crippen molar-refractivity contribution in [3.05, 3.63) is 74.9 Å². The summed E-state index contributed by atoms with van der Waals surface area (Å²) >= 11 is 0. The second-order valence-corrected chi connectivity index (χ2v) is 9.35. The zero-order valence-corrected chi connectivity index (χ0v) is 19.4. The number of aliphatic hydroxyl groups is 1. The average molecular weight is 466 g/mol. The van der Waals surface area contributed by atoms with Gasteiger partial charge in [-0.3, -0.25) is 9.80 Å². The zero-order chi connectivity index (χ0) is 24.0. The maximum Gasteiger partial charge on any atom is 0.338 e. The van der Waals surface area contributed by atoms with Crippen LogP contribution in [0.4, 0.5) is 10.1 Å². The van der Waals surface area contributed by atoms with Crippen molar-refractivity contribution in [3.8, 4) is 0 Å². The lowest BCUT2D eigenvalue weighted by Crippen LogP contribution is -2.58. The van der Waals surface area contributed by atoms with Gasteiger partial charge in [0.15, 0.2) is 0 Å². The van der Waals surface area contributed by atoms with Gasteiger partial charge in [-0.1, -0.05) is 12.1 Å². The molecule has 0 aliphatic carbocycles. The Morgan fingerprint density at radius 1 is 1.21 bits per heavy atom. The molecule has 3 aliphatic rings. The van der Waals surface area contributed by atoms with Gasteiger partial charge >= 0.3 is 5.97 Å². The third kappa shape index (κ3) is 3.99. The van der Waals surface area contributed by atoms with Crippen molar-refractivity contribution < 1.29 is 23.8 Å². The molecule has 178 valence electrons. The number of hydrogen-bond donors (Lipinski definition) is 1. The van der Waals surface area contributed by atoms with E-state index in [-0.39, 0.29) is 30.4 Å². The van der Waals surface area contributed by atoms with Gasteiger partial charge in [0.1, 0.15) is 12.4 Å². The molecule has 0 amide bonds. The highest BCUT2D eigenvalue weighted by Gasteiger charge is 2.36. The van der Waals surface area contributed by atoms with Gasteiger partial charge in [-0.15, -0.1) is 0 Å². The summed E-state index contributed by atoms with van der Waals surface area (Å²) in [6.07, 6.45) is -0.841. The van der Waals surface area contributed by atoms with Crippen molar-refractivity contribution >= 4 is 11.7 Å². The van der Waals surface area contributed by atoms with Crippen molar-refractivity contribution in [2.45, 2.75) is 38.7 Å². The fourth-order valence-electron chi connectivity index (χ4n) is 5.44. The van der Waals surface area contributed by atoms with E-state index in [2.05, 4.69) is 14.6 Å². The Morgan fingerprint density at radius 3 is 2.82 bits per heavy atom. The summed E-state index contributed by atoms with van der Waals surface area (Å²) in [7, 11) is 0. The number of carbonyl (C=O) groups excluding carboxylic acids is 1. The number of cyclic esters (lactones) is 1. The highest BCUT2D eigenvalue weighted by Crippen LogP contribution is 2.35. The van der Waals surface area contributed by atoms with Gasteiger partial charge in [0.05, 0.1) is 31.0 Å². The Balaban J connectivity index is 1.22. The number of piperazine rings is 1. The number of aliphatic hydroxyl groups excluding tert-OH is 1.